The smallest absolute Gasteiger partial charge is 0.255 e. The summed E-state index contributed by atoms with van der Waals surface area (Å²) in [6.45, 7) is 5.88. The maximum absolute atomic E-state index is 12.4. The van der Waals surface area contributed by atoms with E-state index in [9.17, 15) is 4.79 Å². The number of carbonyl (C=O) groups is 1. The van der Waals surface area contributed by atoms with Gasteiger partial charge in [0.2, 0.25) is 0 Å². The number of amides is 1. The van der Waals surface area contributed by atoms with E-state index in [1.54, 1.807) is 6.07 Å². The maximum atomic E-state index is 12.4. The summed E-state index contributed by atoms with van der Waals surface area (Å²) in [5.74, 6) is 0.181. The van der Waals surface area contributed by atoms with E-state index in [1.165, 1.54) is 5.06 Å². The number of nitrogens with zero attached hydrogens (tertiary/aromatic N) is 1. The molecule has 0 saturated carbocycles. The minimum absolute atomic E-state index is 0.0735. The highest BCUT2D eigenvalue weighted by Gasteiger charge is 2.57. The van der Waals surface area contributed by atoms with Gasteiger partial charge in [0.15, 0.2) is 0 Å². The third-order valence-electron chi connectivity index (χ3n) is 3.92. The Balaban J connectivity index is 2.25. The third kappa shape index (κ3) is 2.35. The van der Waals surface area contributed by atoms with Crippen LogP contribution < -0.4 is 0 Å². The van der Waals surface area contributed by atoms with Crippen molar-refractivity contribution in [2.24, 2.45) is 5.41 Å². The van der Waals surface area contributed by atoms with Gasteiger partial charge in [-0.15, -0.1) is 11.6 Å². The quantitative estimate of drug-likeness (QED) is 0.798. The molecule has 2 rings (SSSR count). The largest absolute Gasteiger partial charge is 0.272 e. The summed E-state index contributed by atoms with van der Waals surface area (Å²) in [7, 11) is 0. The highest BCUT2D eigenvalue weighted by atomic mass is 35.5. The Bertz CT molecular complexity index is 504. The van der Waals surface area contributed by atoms with Crippen LogP contribution >= 0.6 is 23.2 Å². The summed E-state index contributed by atoms with van der Waals surface area (Å²) >= 11 is 12.1. The zero-order valence-corrected chi connectivity index (χ0v) is 12.8. The number of hydrogen-bond acceptors (Lipinski definition) is 2. The van der Waals surface area contributed by atoms with Crippen LogP contribution in [0.2, 0.25) is 5.02 Å². The molecule has 104 valence electrons. The minimum Gasteiger partial charge on any atom is -0.272 e. The molecule has 1 unspecified atom stereocenters. The second-order valence-electron chi connectivity index (χ2n) is 5.51. The molecule has 1 aliphatic heterocycles. The lowest BCUT2D eigenvalue weighted by Gasteiger charge is -2.30. The topological polar surface area (TPSA) is 29.5 Å². The zero-order valence-electron chi connectivity index (χ0n) is 11.2. The second kappa shape index (κ2) is 4.97. The fourth-order valence-electron chi connectivity index (χ4n) is 2.01. The lowest BCUT2D eigenvalue weighted by molar-refractivity contribution is -0.198. The van der Waals surface area contributed by atoms with Crippen molar-refractivity contribution >= 4 is 29.1 Å². The van der Waals surface area contributed by atoms with Crippen molar-refractivity contribution in [1.82, 2.24) is 5.06 Å². The first-order valence-corrected chi connectivity index (χ1v) is 7.03. The molecule has 1 aromatic rings. The van der Waals surface area contributed by atoms with E-state index in [0.717, 1.165) is 5.56 Å². The van der Waals surface area contributed by atoms with Crippen molar-refractivity contribution in [2.75, 3.05) is 5.88 Å². The maximum Gasteiger partial charge on any atom is 0.255 e. The molecular weight excluding hydrogens is 285 g/mol. The van der Waals surface area contributed by atoms with E-state index in [4.69, 9.17) is 28.0 Å². The van der Waals surface area contributed by atoms with Crippen LogP contribution in [0, 0.1) is 5.41 Å². The molecule has 1 fully saturated rings. The van der Waals surface area contributed by atoms with Crippen LogP contribution in [0.1, 0.15) is 26.3 Å². The Hall–Kier alpha value is -0.770. The number of halogens is 2. The molecule has 1 heterocycles. The van der Waals surface area contributed by atoms with Gasteiger partial charge in [0.05, 0.1) is 17.8 Å². The summed E-state index contributed by atoms with van der Waals surface area (Å²) in [4.78, 5) is 18.2. The molecule has 0 N–H and O–H groups in total. The van der Waals surface area contributed by atoms with Gasteiger partial charge in [0, 0.05) is 5.02 Å². The lowest BCUT2D eigenvalue weighted by Crippen LogP contribution is -2.43. The fourth-order valence-corrected chi connectivity index (χ4v) is 2.59. The van der Waals surface area contributed by atoms with E-state index in [2.05, 4.69) is 0 Å². The predicted molar refractivity (Wildman–Crippen MR) is 76.0 cm³/mol. The number of benzene rings is 1. The number of hydrogen-bond donors (Lipinski definition) is 0. The Kier molecular flexibility index (Phi) is 3.83. The Morgan fingerprint density at radius 2 is 1.89 bits per heavy atom. The Morgan fingerprint density at radius 1 is 1.26 bits per heavy atom. The number of hydroxylamine groups is 2. The van der Waals surface area contributed by atoms with Crippen LogP contribution in [0.5, 0.6) is 0 Å². The van der Waals surface area contributed by atoms with Gasteiger partial charge in [-0.25, -0.2) is 5.06 Å². The van der Waals surface area contributed by atoms with Gasteiger partial charge in [-0.2, -0.15) is 0 Å². The standard InChI is InChI=1S/C14H17Cl2NO2/c1-13(2)12(18)17(19-14(13,3)9-15)8-10-6-4-5-7-11(10)16/h4-7H,8-9H2,1-3H3. The van der Waals surface area contributed by atoms with Gasteiger partial charge in [-0.05, 0) is 32.4 Å². The average Bonchev–Trinajstić information content (AvgIpc) is 2.54. The van der Waals surface area contributed by atoms with Crippen molar-refractivity contribution < 1.29 is 9.63 Å². The predicted octanol–water partition coefficient (Wildman–Crippen LogP) is 3.64. The van der Waals surface area contributed by atoms with Crippen molar-refractivity contribution in [3.8, 4) is 0 Å². The van der Waals surface area contributed by atoms with Crippen LogP contribution in [0.4, 0.5) is 0 Å². The molecule has 0 aromatic heterocycles. The minimum atomic E-state index is -0.701. The van der Waals surface area contributed by atoms with Gasteiger partial charge < -0.3 is 0 Å². The number of carbonyl (C=O) groups excluding carboxylic acids is 1. The normalized spacial score (nSPS) is 25.9. The van der Waals surface area contributed by atoms with E-state index < -0.39 is 11.0 Å². The Labute approximate surface area is 123 Å². The summed E-state index contributed by atoms with van der Waals surface area (Å²) in [5.41, 5.74) is -0.504. The van der Waals surface area contributed by atoms with Gasteiger partial charge in [0.1, 0.15) is 5.60 Å². The number of rotatable bonds is 3. The van der Waals surface area contributed by atoms with Crippen molar-refractivity contribution in [3.05, 3.63) is 34.9 Å². The molecular formula is C14H17Cl2NO2. The first-order chi connectivity index (χ1) is 8.82. The highest BCUT2D eigenvalue weighted by molar-refractivity contribution is 6.31. The zero-order chi connectivity index (χ0) is 14.3. The SMILES string of the molecule is CC1(CCl)ON(Cc2ccccc2Cl)C(=O)C1(C)C. The molecule has 1 amide bonds. The molecule has 19 heavy (non-hydrogen) atoms. The van der Waals surface area contributed by atoms with Crippen molar-refractivity contribution in [3.63, 3.8) is 0 Å². The van der Waals surface area contributed by atoms with Gasteiger partial charge >= 0.3 is 0 Å². The molecule has 0 bridgehead atoms. The molecule has 1 aromatic carbocycles. The van der Waals surface area contributed by atoms with Crippen LogP contribution in [0.25, 0.3) is 0 Å². The van der Waals surface area contributed by atoms with Gasteiger partial charge in [0.25, 0.3) is 5.91 Å². The third-order valence-corrected chi connectivity index (χ3v) is 4.80. The molecule has 0 aliphatic carbocycles. The summed E-state index contributed by atoms with van der Waals surface area (Å²) in [6, 6.07) is 7.41. The summed E-state index contributed by atoms with van der Waals surface area (Å²) in [5, 5.41) is 1.99. The van der Waals surface area contributed by atoms with E-state index in [0.29, 0.717) is 11.6 Å². The molecule has 0 spiro atoms. The van der Waals surface area contributed by atoms with Crippen LogP contribution in [0.15, 0.2) is 24.3 Å². The first kappa shape index (κ1) is 14.6. The highest BCUT2D eigenvalue weighted by Crippen LogP contribution is 2.44. The van der Waals surface area contributed by atoms with Crippen molar-refractivity contribution in [2.45, 2.75) is 32.9 Å². The van der Waals surface area contributed by atoms with Crippen molar-refractivity contribution in [1.29, 1.82) is 0 Å². The Morgan fingerprint density at radius 3 is 2.42 bits per heavy atom. The molecule has 1 saturated heterocycles. The van der Waals surface area contributed by atoms with Crippen LogP contribution in [0.3, 0.4) is 0 Å². The lowest BCUT2D eigenvalue weighted by atomic mass is 9.77. The fraction of sp³-hybridized carbons (Fsp3) is 0.500. The molecule has 1 aliphatic rings. The summed E-state index contributed by atoms with van der Waals surface area (Å²) in [6.07, 6.45) is 0. The molecule has 1 atom stereocenters. The molecule has 5 heteroatoms. The van der Waals surface area contributed by atoms with E-state index >= 15 is 0 Å². The monoisotopic (exact) mass is 301 g/mol. The summed E-state index contributed by atoms with van der Waals surface area (Å²) < 4.78 is 0. The van der Waals surface area contributed by atoms with E-state index in [-0.39, 0.29) is 11.8 Å². The van der Waals surface area contributed by atoms with Crippen LogP contribution in [-0.2, 0) is 16.2 Å². The average molecular weight is 302 g/mol. The number of alkyl halides is 1. The second-order valence-corrected chi connectivity index (χ2v) is 6.19. The molecule has 0 radical (unpaired) electrons. The molecule has 3 nitrogen and oxygen atoms in total. The van der Waals surface area contributed by atoms with E-state index in [1.807, 2.05) is 39.0 Å². The van der Waals surface area contributed by atoms with Gasteiger partial charge in [-0.3, -0.25) is 9.63 Å². The van der Waals surface area contributed by atoms with Crippen LogP contribution in [-0.4, -0.2) is 22.5 Å². The van der Waals surface area contributed by atoms with Gasteiger partial charge in [-0.1, -0.05) is 29.8 Å². The first-order valence-electron chi connectivity index (χ1n) is 6.12.